The molecule has 0 atom stereocenters. The van der Waals surface area contributed by atoms with Crippen LogP contribution in [0.25, 0.3) is 0 Å². The summed E-state index contributed by atoms with van der Waals surface area (Å²) in [7, 11) is 0. The van der Waals surface area contributed by atoms with Crippen LogP contribution in [-0.2, 0) is 4.79 Å². The fourth-order valence-corrected chi connectivity index (χ4v) is 3.92. The molecular formula is C21H23N3O. The number of hydrogen-bond acceptors (Lipinski definition) is 3. The van der Waals surface area contributed by atoms with Crippen LogP contribution in [0, 0.1) is 13.8 Å². The first-order valence-electron chi connectivity index (χ1n) is 8.88. The molecule has 25 heavy (non-hydrogen) atoms. The molecule has 2 aromatic rings. The van der Waals surface area contributed by atoms with Gasteiger partial charge in [0, 0.05) is 11.1 Å². The molecule has 1 saturated heterocycles. The first-order chi connectivity index (χ1) is 12.1. The van der Waals surface area contributed by atoms with E-state index in [1.165, 1.54) is 0 Å². The lowest BCUT2D eigenvalue weighted by molar-refractivity contribution is -0.121. The third-order valence-electron chi connectivity index (χ3n) is 5.19. The van der Waals surface area contributed by atoms with Gasteiger partial charge in [0.1, 0.15) is 5.54 Å². The normalized spacial score (nSPS) is 19.0. The van der Waals surface area contributed by atoms with Crippen molar-refractivity contribution in [2.45, 2.75) is 32.2 Å². The molecule has 1 amide bonds. The summed E-state index contributed by atoms with van der Waals surface area (Å²) in [6.07, 6.45) is 1.45. The Labute approximate surface area is 148 Å². The third-order valence-corrected chi connectivity index (χ3v) is 5.19. The number of piperidine rings is 1. The molecule has 0 aromatic heterocycles. The highest BCUT2D eigenvalue weighted by atomic mass is 16.2. The van der Waals surface area contributed by atoms with Gasteiger partial charge in [0.25, 0.3) is 5.91 Å². The summed E-state index contributed by atoms with van der Waals surface area (Å²) in [5, 5.41) is 6.53. The number of aliphatic imine (C=N–C) groups is 1. The number of anilines is 1. The number of carbonyl (C=O) groups excluding carboxylic acids is 1. The summed E-state index contributed by atoms with van der Waals surface area (Å²) < 4.78 is 0. The molecule has 2 aliphatic rings. The first kappa shape index (κ1) is 16.0. The van der Waals surface area contributed by atoms with Crippen molar-refractivity contribution in [3.8, 4) is 0 Å². The van der Waals surface area contributed by atoms with E-state index in [9.17, 15) is 4.79 Å². The Morgan fingerprint density at radius 3 is 2.48 bits per heavy atom. The van der Waals surface area contributed by atoms with Crippen molar-refractivity contribution < 1.29 is 4.79 Å². The van der Waals surface area contributed by atoms with E-state index < -0.39 is 5.54 Å². The Balaban J connectivity index is 1.98. The van der Waals surface area contributed by atoms with Gasteiger partial charge >= 0.3 is 0 Å². The summed E-state index contributed by atoms with van der Waals surface area (Å²) in [5.74, 6) is 0.0196. The van der Waals surface area contributed by atoms with Crippen molar-refractivity contribution in [1.82, 2.24) is 5.32 Å². The molecule has 0 unspecified atom stereocenters. The lowest BCUT2D eigenvalue weighted by Gasteiger charge is -2.32. The maximum absolute atomic E-state index is 13.1. The maximum Gasteiger partial charge on any atom is 0.252 e. The van der Waals surface area contributed by atoms with E-state index in [0.717, 1.165) is 59.6 Å². The molecule has 1 spiro atoms. The van der Waals surface area contributed by atoms with Gasteiger partial charge in [-0.05, 0) is 57.0 Å². The zero-order chi connectivity index (χ0) is 17.4. The number of fused-ring (bicyclic) bond motifs is 1. The highest BCUT2D eigenvalue weighted by Crippen LogP contribution is 2.35. The topological polar surface area (TPSA) is 53.5 Å². The van der Waals surface area contributed by atoms with Crippen LogP contribution in [0.4, 0.5) is 5.69 Å². The molecule has 2 aromatic carbocycles. The minimum Gasteiger partial charge on any atom is -0.323 e. The lowest BCUT2D eigenvalue weighted by Crippen LogP contribution is -2.49. The van der Waals surface area contributed by atoms with Crippen LogP contribution in [0.1, 0.15) is 35.1 Å². The van der Waals surface area contributed by atoms with E-state index in [1.807, 2.05) is 18.2 Å². The zero-order valence-electron chi connectivity index (χ0n) is 14.7. The van der Waals surface area contributed by atoms with Crippen molar-refractivity contribution in [2.75, 3.05) is 18.4 Å². The summed E-state index contributed by atoms with van der Waals surface area (Å²) in [4.78, 5) is 18.2. The molecule has 2 heterocycles. The Bertz CT molecular complexity index is 849. The summed E-state index contributed by atoms with van der Waals surface area (Å²) in [6.45, 7) is 5.78. The average molecular weight is 333 g/mol. The van der Waals surface area contributed by atoms with E-state index in [1.54, 1.807) is 0 Å². The van der Waals surface area contributed by atoms with Crippen LogP contribution in [0.5, 0.6) is 0 Å². The zero-order valence-corrected chi connectivity index (χ0v) is 14.7. The number of nitrogens with one attached hydrogen (secondary N) is 2. The number of amides is 1. The van der Waals surface area contributed by atoms with Crippen LogP contribution in [0.2, 0.25) is 0 Å². The number of aryl methyl sites for hydroxylation is 2. The van der Waals surface area contributed by atoms with Crippen LogP contribution < -0.4 is 10.6 Å². The first-order valence-corrected chi connectivity index (χ1v) is 8.88. The van der Waals surface area contributed by atoms with Gasteiger partial charge in [-0.1, -0.05) is 36.4 Å². The molecule has 0 bridgehead atoms. The third kappa shape index (κ3) is 2.76. The molecule has 0 radical (unpaired) electrons. The van der Waals surface area contributed by atoms with Crippen LogP contribution in [-0.4, -0.2) is 30.2 Å². The molecule has 1 fully saturated rings. The number of rotatable bonds is 1. The molecule has 2 N–H and O–H groups in total. The van der Waals surface area contributed by atoms with Crippen molar-refractivity contribution in [1.29, 1.82) is 0 Å². The number of carbonyl (C=O) groups is 1. The smallest absolute Gasteiger partial charge is 0.252 e. The Kier molecular flexibility index (Phi) is 3.92. The fourth-order valence-electron chi connectivity index (χ4n) is 3.92. The van der Waals surface area contributed by atoms with Gasteiger partial charge in [-0.15, -0.1) is 0 Å². The minimum atomic E-state index is -0.685. The number of hydrogen-bond donors (Lipinski definition) is 2. The Morgan fingerprint density at radius 1 is 1.04 bits per heavy atom. The molecular weight excluding hydrogens is 310 g/mol. The number of nitrogens with zero attached hydrogens (tertiary/aromatic N) is 1. The second-order valence-corrected chi connectivity index (χ2v) is 7.07. The lowest BCUT2D eigenvalue weighted by atomic mass is 9.87. The van der Waals surface area contributed by atoms with Gasteiger partial charge in [0.2, 0.25) is 0 Å². The SMILES string of the molecule is Cc1cc(C)c2c(c1)NC(=O)C1(CCNCC1)N=C2c1ccccc1. The Hall–Kier alpha value is -2.46. The maximum atomic E-state index is 13.1. The van der Waals surface area contributed by atoms with Crippen molar-refractivity contribution in [3.05, 3.63) is 64.7 Å². The van der Waals surface area contributed by atoms with Crippen LogP contribution in [0.3, 0.4) is 0 Å². The highest BCUT2D eigenvalue weighted by molar-refractivity contribution is 6.21. The van der Waals surface area contributed by atoms with Gasteiger partial charge in [-0.3, -0.25) is 9.79 Å². The van der Waals surface area contributed by atoms with Crippen LogP contribution in [0.15, 0.2) is 47.5 Å². The quantitative estimate of drug-likeness (QED) is 0.842. The van der Waals surface area contributed by atoms with E-state index in [-0.39, 0.29) is 5.91 Å². The van der Waals surface area contributed by atoms with Crippen LogP contribution >= 0.6 is 0 Å². The summed E-state index contributed by atoms with van der Waals surface area (Å²) in [6, 6.07) is 14.4. The summed E-state index contributed by atoms with van der Waals surface area (Å²) in [5.41, 5.74) is 5.50. The predicted octanol–water partition coefficient (Wildman–Crippen LogP) is 3.22. The van der Waals surface area contributed by atoms with Crippen molar-refractivity contribution >= 4 is 17.3 Å². The van der Waals surface area contributed by atoms with Crippen molar-refractivity contribution in [2.24, 2.45) is 4.99 Å². The molecule has 128 valence electrons. The monoisotopic (exact) mass is 333 g/mol. The van der Waals surface area contributed by atoms with E-state index in [4.69, 9.17) is 4.99 Å². The van der Waals surface area contributed by atoms with Gasteiger partial charge in [-0.2, -0.15) is 0 Å². The van der Waals surface area contributed by atoms with Gasteiger partial charge in [-0.25, -0.2) is 0 Å². The second-order valence-electron chi connectivity index (χ2n) is 7.07. The van der Waals surface area contributed by atoms with E-state index in [2.05, 4.69) is 48.7 Å². The number of benzene rings is 2. The van der Waals surface area contributed by atoms with Gasteiger partial charge < -0.3 is 10.6 Å². The largest absolute Gasteiger partial charge is 0.323 e. The molecule has 4 nitrogen and oxygen atoms in total. The summed E-state index contributed by atoms with van der Waals surface area (Å²) >= 11 is 0. The molecule has 0 aliphatic carbocycles. The fraction of sp³-hybridized carbons (Fsp3) is 0.333. The molecule has 2 aliphatic heterocycles. The van der Waals surface area contributed by atoms with Crippen molar-refractivity contribution in [3.63, 3.8) is 0 Å². The van der Waals surface area contributed by atoms with E-state index >= 15 is 0 Å². The second kappa shape index (κ2) is 6.12. The predicted molar refractivity (Wildman–Crippen MR) is 101 cm³/mol. The molecule has 4 heteroatoms. The molecule has 0 saturated carbocycles. The Morgan fingerprint density at radius 2 is 1.76 bits per heavy atom. The highest BCUT2D eigenvalue weighted by Gasteiger charge is 2.42. The van der Waals surface area contributed by atoms with Gasteiger partial charge in [0.05, 0.1) is 11.4 Å². The van der Waals surface area contributed by atoms with E-state index in [0.29, 0.717) is 0 Å². The standard InChI is InChI=1S/C21H23N3O/c1-14-12-15(2)18-17(13-14)23-20(25)21(8-10-22-11-9-21)24-19(18)16-6-4-3-5-7-16/h3-7,12-13,22H,8-11H2,1-2H3,(H,23,25). The minimum absolute atomic E-state index is 0.0196. The average Bonchev–Trinajstić information content (AvgIpc) is 2.72. The molecule has 4 rings (SSSR count). The van der Waals surface area contributed by atoms with Gasteiger partial charge in [0.15, 0.2) is 0 Å².